The molecule has 0 unspecified atom stereocenters. The summed E-state index contributed by atoms with van der Waals surface area (Å²) < 4.78 is 5.78. The maximum absolute atomic E-state index is 12.0. The Balaban J connectivity index is 1.82. The lowest BCUT2D eigenvalue weighted by molar-refractivity contribution is -0.125. The lowest BCUT2D eigenvalue weighted by Gasteiger charge is -2.16. The van der Waals surface area contributed by atoms with Crippen molar-refractivity contribution >= 4 is 33.5 Å². The third-order valence-corrected chi connectivity index (χ3v) is 4.28. The molecular weight excluding hydrogens is 348 g/mol. The van der Waals surface area contributed by atoms with Crippen molar-refractivity contribution in [2.75, 3.05) is 12.3 Å². The number of benzene rings is 1. The van der Waals surface area contributed by atoms with E-state index in [1.165, 1.54) is 12.8 Å². The number of nitrogens with two attached hydrogens (primary N) is 1. The molecule has 0 aliphatic heterocycles. The molecule has 0 heterocycles. The average molecular weight is 369 g/mol. The Hall–Kier alpha value is -1.56. The summed E-state index contributed by atoms with van der Waals surface area (Å²) in [4.78, 5) is 23.8. The van der Waals surface area contributed by atoms with Crippen molar-refractivity contribution < 1.29 is 14.3 Å². The zero-order chi connectivity index (χ0) is 15.9. The molecule has 1 aliphatic carbocycles. The lowest BCUT2D eigenvalue weighted by atomic mass is 10.1. The third kappa shape index (κ3) is 5.02. The molecule has 1 amide bonds. The first kappa shape index (κ1) is 16.8. The molecule has 1 aromatic rings. The van der Waals surface area contributed by atoms with Crippen molar-refractivity contribution in [2.24, 2.45) is 0 Å². The number of ether oxygens (including phenoxy) is 1. The minimum absolute atomic E-state index is 0.199. The van der Waals surface area contributed by atoms with Gasteiger partial charge < -0.3 is 15.8 Å². The van der Waals surface area contributed by atoms with Gasteiger partial charge in [-0.05, 0) is 31.0 Å². The highest BCUT2D eigenvalue weighted by Gasteiger charge is 2.17. The Kier molecular flexibility index (Phi) is 6.24. The fraction of sp³-hybridized carbons (Fsp3) is 0.500. The van der Waals surface area contributed by atoms with Crippen LogP contribution in [0.25, 0.3) is 0 Å². The van der Waals surface area contributed by atoms with Gasteiger partial charge in [-0.25, -0.2) is 4.79 Å². The summed E-state index contributed by atoms with van der Waals surface area (Å²) in [5.74, 6) is -0.844. The lowest BCUT2D eigenvalue weighted by Crippen LogP contribution is -2.37. The Morgan fingerprint density at radius 1 is 1.23 bits per heavy atom. The van der Waals surface area contributed by atoms with Crippen LogP contribution in [0.3, 0.4) is 0 Å². The number of esters is 1. The molecule has 120 valence electrons. The van der Waals surface area contributed by atoms with Gasteiger partial charge in [0.1, 0.15) is 0 Å². The highest BCUT2D eigenvalue weighted by molar-refractivity contribution is 9.10. The van der Waals surface area contributed by atoms with Crippen molar-refractivity contribution in [3.05, 3.63) is 28.2 Å². The van der Waals surface area contributed by atoms with Gasteiger partial charge in [-0.3, -0.25) is 4.79 Å². The van der Waals surface area contributed by atoms with Crippen LogP contribution in [0.1, 0.15) is 48.9 Å². The topological polar surface area (TPSA) is 81.4 Å². The van der Waals surface area contributed by atoms with Crippen molar-refractivity contribution in [3.8, 4) is 0 Å². The van der Waals surface area contributed by atoms with Crippen LogP contribution in [0.5, 0.6) is 0 Å². The summed E-state index contributed by atoms with van der Waals surface area (Å²) in [6.07, 6.45) is 6.72. The first-order valence-electron chi connectivity index (χ1n) is 7.58. The Morgan fingerprint density at radius 3 is 2.59 bits per heavy atom. The summed E-state index contributed by atoms with van der Waals surface area (Å²) in [5.41, 5.74) is 6.33. The fourth-order valence-electron chi connectivity index (χ4n) is 2.61. The van der Waals surface area contributed by atoms with Gasteiger partial charge in [0.2, 0.25) is 0 Å². The van der Waals surface area contributed by atoms with Gasteiger partial charge in [-0.2, -0.15) is 0 Å². The van der Waals surface area contributed by atoms with Gasteiger partial charge in [-0.1, -0.05) is 41.6 Å². The van der Waals surface area contributed by atoms with E-state index in [-0.39, 0.29) is 24.1 Å². The molecule has 0 aromatic heterocycles. The van der Waals surface area contributed by atoms with E-state index >= 15 is 0 Å². The van der Waals surface area contributed by atoms with Gasteiger partial charge in [0.25, 0.3) is 5.91 Å². The maximum Gasteiger partial charge on any atom is 0.340 e. The number of carbonyl (C=O) groups is 2. The minimum Gasteiger partial charge on any atom is -0.452 e. The van der Waals surface area contributed by atoms with E-state index in [1.807, 2.05) is 0 Å². The second-order valence-electron chi connectivity index (χ2n) is 5.56. The molecule has 6 heteroatoms. The van der Waals surface area contributed by atoms with Crippen LogP contribution < -0.4 is 11.1 Å². The number of rotatable bonds is 4. The number of hydrogen-bond donors (Lipinski definition) is 2. The smallest absolute Gasteiger partial charge is 0.340 e. The average Bonchev–Trinajstić information content (AvgIpc) is 2.76. The standard InChI is InChI=1S/C16H21BrN2O3/c17-11-7-8-14(18)13(9-11)16(21)22-10-15(20)19-12-5-3-1-2-4-6-12/h7-9,12H,1-6,10,18H2,(H,19,20). The van der Waals surface area contributed by atoms with Crippen LogP contribution in [-0.2, 0) is 9.53 Å². The van der Waals surface area contributed by atoms with Crippen LogP contribution in [0, 0.1) is 0 Å². The third-order valence-electron chi connectivity index (χ3n) is 3.79. The van der Waals surface area contributed by atoms with Crippen LogP contribution in [-0.4, -0.2) is 24.5 Å². The van der Waals surface area contributed by atoms with Crippen molar-refractivity contribution in [1.82, 2.24) is 5.32 Å². The van der Waals surface area contributed by atoms with E-state index in [0.29, 0.717) is 5.69 Å². The Labute approximate surface area is 138 Å². The van der Waals surface area contributed by atoms with Gasteiger partial charge in [-0.15, -0.1) is 0 Å². The summed E-state index contributed by atoms with van der Waals surface area (Å²) in [6.45, 7) is -0.277. The summed E-state index contributed by atoms with van der Waals surface area (Å²) in [7, 11) is 0. The number of nitrogen functional groups attached to an aromatic ring is 1. The molecule has 3 N–H and O–H groups in total. The van der Waals surface area contributed by atoms with Crippen LogP contribution in [0.4, 0.5) is 5.69 Å². The molecule has 0 bridgehead atoms. The summed E-state index contributed by atoms with van der Waals surface area (Å²) >= 11 is 3.28. The highest BCUT2D eigenvalue weighted by atomic mass is 79.9. The minimum atomic E-state index is -0.588. The Bertz CT molecular complexity index is 540. The van der Waals surface area contributed by atoms with Gasteiger partial charge in [0.05, 0.1) is 5.56 Å². The second-order valence-corrected chi connectivity index (χ2v) is 6.48. The van der Waals surface area contributed by atoms with Crippen LogP contribution in [0.15, 0.2) is 22.7 Å². The zero-order valence-electron chi connectivity index (χ0n) is 12.4. The predicted molar refractivity (Wildman–Crippen MR) is 88.5 cm³/mol. The monoisotopic (exact) mass is 368 g/mol. The molecule has 1 aromatic carbocycles. The second kappa shape index (κ2) is 8.17. The van der Waals surface area contributed by atoms with E-state index in [9.17, 15) is 9.59 Å². The molecule has 22 heavy (non-hydrogen) atoms. The number of nitrogens with one attached hydrogen (secondary N) is 1. The SMILES string of the molecule is Nc1ccc(Br)cc1C(=O)OCC(=O)NC1CCCCCC1. The first-order valence-corrected chi connectivity index (χ1v) is 8.37. The van der Waals surface area contributed by atoms with Crippen molar-refractivity contribution in [1.29, 1.82) is 0 Å². The number of amides is 1. The summed E-state index contributed by atoms with van der Waals surface area (Å²) in [5, 5.41) is 2.94. The molecule has 0 atom stereocenters. The van der Waals surface area contributed by atoms with E-state index in [0.717, 1.165) is 30.2 Å². The number of halogens is 1. The molecule has 1 aliphatic rings. The van der Waals surface area contributed by atoms with Gasteiger partial charge in [0.15, 0.2) is 6.61 Å². The van der Waals surface area contributed by atoms with E-state index < -0.39 is 5.97 Å². The van der Waals surface area contributed by atoms with Gasteiger partial charge in [0, 0.05) is 16.2 Å². The van der Waals surface area contributed by atoms with E-state index in [4.69, 9.17) is 10.5 Å². The number of carbonyl (C=O) groups excluding carboxylic acids is 2. The molecule has 2 rings (SSSR count). The highest BCUT2D eigenvalue weighted by Crippen LogP contribution is 2.19. The normalized spacial score (nSPS) is 15.9. The largest absolute Gasteiger partial charge is 0.452 e. The molecule has 5 nitrogen and oxygen atoms in total. The molecule has 0 radical (unpaired) electrons. The van der Waals surface area contributed by atoms with Gasteiger partial charge >= 0.3 is 5.97 Å². The zero-order valence-corrected chi connectivity index (χ0v) is 14.0. The first-order chi connectivity index (χ1) is 10.6. The Morgan fingerprint density at radius 2 is 1.91 bits per heavy atom. The summed E-state index contributed by atoms with van der Waals surface area (Å²) in [6, 6.07) is 5.14. The van der Waals surface area contributed by atoms with E-state index in [2.05, 4.69) is 21.2 Å². The molecule has 0 saturated heterocycles. The van der Waals surface area contributed by atoms with Crippen molar-refractivity contribution in [3.63, 3.8) is 0 Å². The maximum atomic E-state index is 12.0. The quantitative estimate of drug-likeness (QED) is 0.486. The van der Waals surface area contributed by atoms with Crippen LogP contribution in [0.2, 0.25) is 0 Å². The van der Waals surface area contributed by atoms with Crippen molar-refractivity contribution in [2.45, 2.75) is 44.6 Å². The molecule has 1 saturated carbocycles. The molecular formula is C16H21BrN2O3. The number of anilines is 1. The van der Waals surface area contributed by atoms with E-state index in [1.54, 1.807) is 18.2 Å². The molecule has 0 spiro atoms. The van der Waals surface area contributed by atoms with Crippen LogP contribution >= 0.6 is 15.9 Å². The fourth-order valence-corrected chi connectivity index (χ4v) is 2.97. The predicted octanol–water partition coefficient (Wildman–Crippen LogP) is 3.03. The molecule has 1 fully saturated rings. The number of hydrogen-bond acceptors (Lipinski definition) is 4.